The number of carbonyl (C=O) groups excluding carboxylic acids is 1. The lowest BCUT2D eigenvalue weighted by atomic mass is 9.89. The fourth-order valence-electron chi connectivity index (χ4n) is 2.92. The molecule has 3 heteroatoms. The van der Waals surface area contributed by atoms with Crippen LogP contribution in [0.25, 0.3) is 0 Å². The second-order valence-electron chi connectivity index (χ2n) is 5.65. The van der Waals surface area contributed by atoms with Crippen molar-refractivity contribution in [2.24, 2.45) is 5.92 Å². The Morgan fingerprint density at radius 1 is 1.32 bits per heavy atom. The molecule has 1 aliphatic rings. The van der Waals surface area contributed by atoms with Gasteiger partial charge in [-0.3, -0.25) is 9.69 Å². The van der Waals surface area contributed by atoms with Crippen LogP contribution >= 0.6 is 15.9 Å². The number of rotatable bonds is 3. The Bertz CT molecular complexity index is 443. The maximum absolute atomic E-state index is 12.6. The highest BCUT2D eigenvalue weighted by Crippen LogP contribution is 2.26. The Hall–Kier alpha value is -0.670. The van der Waals surface area contributed by atoms with Crippen molar-refractivity contribution in [2.75, 3.05) is 6.54 Å². The summed E-state index contributed by atoms with van der Waals surface area (Å²) >= 11 is 3.40. The van der Waals surface area contributed by atoms with E-state index in [1.165, 1.54) is 12.8 Å². The Morgan fingerprint density at radius 2 is 1.95 bits per heavy atom. The second kappa shape index (κ2) is 6.19. The normalized spacial score (nSPS) is 26.1. The lowest BCUT2D eigenvalue weighted by molar-refractivity contribution is 0.0569. The van der Waals surface area contributed by atoms with Gasteiger partial charge in [0.1, 0.15) is 0 Å². The van der Waals surface area contributed by atoms with Crippen molar-refractivity contribution in [3.05, 3.63) is 34.3 Å². The van der Waals surface area contributed by atoms with Gasteiger partial charge in [0.25, 0.3) is 0 Å². The highest BCUT2D eigenvalue weighted by molar-refractivity contribution is 9.10. The molecule has 1 heterocycles. The molecule has 2 rings (SSSR count). The molecule has 3 unspecified atom stereocenters. The summed E-state index contributed by atoms with van der Waals surface area (Å²) in [6.07, 6.45) is 2.47. The molecule has 2 nitrogen and oxygen atoms in total. The summed E-state index contributed by atoms with van der Waals surface area (Å²) in [6, 6.07) is 8.13. The van der Waals surface area contributed by atoms with Crippen LogP contribution in [-0.4, -0.2) is 29.3 Å². The van der Waals surface area contributed by atoms with Gasteiger partial charge in [-0.25, -0.2) is 0 Å². The van der Waals surface area contributed by atoms with E-state index in [0.717, 1.165) is 16.6 Å². The summed E-state index contributed by atoms with van der Waals surface area (Å²) < 4.78 is 1.01. The zero-order valence-corrected chi connectivity index (χ0v) is 13.5. The minimum absolute atomic E-state index is 0.0288. The Balaban J connectivity index is 2.12. The molecule has 1 aliphatic heterocycles. The predicted octanol–water partition coefficient (Wildman–Crippen LogP) is 4.14. The molecule has 19 heavy (non-hydrogen) atoms. The molecule has 0 amide bonds. The van der Waals surface area contributed by atoms with Crippen LogP contribution in [0, 0.1) is 5.92 Å². The van der Waals surface area contributed by atoms with Gasteiger partial charge >= 0.3 is 0 Å². The first-order valence-corrected chi connectivity index (χ1v) is 7.85. The van der Waals surface area contributed by atoms with E-state index in [1.807, 2.05) is 31.2 Å². The molecule has 1 aromatic rings. The molecule has 3 atom stereocenters. The van der Waals surface area contributed by atoms with Crippen LogP contribution in [0.5, 0.6) is 0 Å². The zero-order chi connectivity index (χ0) is 14.0. The molecule has 0 aliphatic carbocycles. The molecule has 1 aromatic carbocycles. The Labute approximate surface area is 124 Å². The minimum atomic E-state index is -0.0288. The van der Waals surface area contributed by atoms with Crippen LogP contribution in [0.2, 0.25) is 0 Å². The highest BCUT2D eigenvalue weighted by atomic mass is 79.9. The molecule has 0 N–H and O–H groups in total. The summed E-state index contributed by atoms with van der Waals surface area (Å²) in [5.41, 5.74) is 0.807. The van der Waals surface area contributed by atoms with E-state index >= 15 is 0 Å². The van der Waals surface area contributed by atoms with Crippen LogP contribution in [0.15, 0.2) is 28.7 Å². The summed E-state index contributed by atoms with van der Waals surface area (Å²) in [5.74, 6) is 0.905. The van der Waals surface area contributed by atoms with E-state index < -0.39 is 0 Å². The molecule has 1 fully saturated rings. The number of Topliss-reactive ketones (excluding diaryl/α,β-unsaturated/α-hetero) is 1. The van der Waals surface area contributed by atoms with E-state index in [9.17, 15) is 4.79 Å². The van der Waals surface area contributed by atoms with Crippen LogP contribution < -0.4 is 0 Å². The van der Waals surface area contributed by atoms with Gasteiger partial charge in [-0.2, -0.15) is 0 Å². The van der Waals surface area contributed by atoms with Crippen molar-refractivity contribution in [1.29, 1.82) is 0 Å². The molecule has 0 saturated carbocycles. The van der Waals surface area contributed by atoms with Gasteiger partial charge in [0.15, 0.2) is 5.78 Å². The number of nitrogens with zero attached hydrogens (tertiary/aromatic N) is 1. The number of likely N-dealkylation sites (tertiary alicyclic amines) is 1. The van der Waals surface area contributed by atoms with Gasteiger partial charge in [0.2, 0.25) is 0 Å². The van der Waals surface area contributed by atoms with Gasteiger partial charge in [-0.15, -0.1) is 0 Å². The van der Waals surface area contributed by atoms with Gasteiger partial charge in [-0.1, -0.05) is 35.0 Å². The lowest BCUT2D eigenvalue weighted by Crippen LogP contribution is -2.50. The fraction of sp³-hybridized carbons (Fsp3) is 0.562. The van der Waals surface area contributed by atoms with Gasteiger partial charge in [0, 0.05) is 16.1 Å². The number of piperidine rings is 1. The predicted molar refractivity (Wildman–Crippen MR) is 82.5 cm³/mol. The smallest absolute Gasteiger partial charge is 0.179 e. The SMILES string of the molecule is CC1CCCN(C(C)C(=O)c2ccc(Br)cc2)C1C. The van der Waals surface area contributed by atoms with Gasteiger partial charge in [0.05, 0.1) is 6.04 Å². The molecule has 0 spiro atoms. The van der Waals surface area contributed by atoms with E-state index in [0.29, 0.717) is 12.0 Å². The number of benzene rings is 1. The average molecular weight is 324 g/mol. The third kappa shape index (κ3) is 3.26. The maximum atomic E-state index is 12.6. The third-order valence-corrected chi connectivity index (χ3v) is 4.96. The minimum Gasteiger partial charge on any atom is -0.292 e. The fourth-order valence-corrected chi connectivity index (χ4v) is 3.18. The van der Waals surface area contributed by atoms with Crippen LogP contribution in [0.1, 0.15) is 44.0 Å². The molecule has 0 radical (unpaired) electrons. The number of carbonyl (C=O) groups is 1. The quantitative estimate of drug-likeness (QED) is 0.779. The number of ketones is 1. The zero-order valence-electron chi connectivity index (χ0n) is 11.9. The van der Waals surface area contributed by atoms with Crippen molar-refractivity contribution >= 4 is 21.7 Å². The Morgan fingerprint density at radius 3 is 2.58 bits per heavy atom. The van der Waals surface area contributed by atoms with Crippen molar-refractivity contribution in [3.8, 4) is 0 Å². The largest absolute Gasteiger partial charge is 0.292 e. The molecule has 0 bridgehead atoms. The Kier molecular flexibility index (Phi) is 4.80. The van der Waals surface area contributed by atoms with E-state index in [2.05, 4.69) is 34.7 Å². The van der Waals surface area contributed by atoms with Crippen LogP contribution in [0.4, 0.5) is 0 Å². The van der Waals surface area contributed by atoms with Crippen molar-refractivity contribution in [3.63, 3.8) is 0 Å². The van der Waals surface area contributed by atoms with E-state index in [4.69, 9.17) is 0 Å². The lowest BCUT2D eigenvalue weighted by Gasteiger charge is -2.41. The molecule has 0 aromatic heterocycles. The standard InChI is InChI=1S/C16H22BrNO/c1-11-5-4-10-18(12(11)2)13(3)16(19)14-6-8-15(17)9-7-14/h6-9,11-13H,4-5,10H2,1-3H3. The van der Waals surface area contributed by atoms with Crippen LogP contribution in [-0.2, 0) is 0 Å². The van der Waals surface area contributed by atoms with Crippen molar-refractivity contribution < 1.29 is 4.79 Å². The van der Waals surface area contributed by atoms with Gasteiger partial charge in [-0.05, 0) is 51.3 Å². The third-order valence-electron chi connectivity index (χ3n) is 4.43. The molecular weight excluding hydrogens is 302 g/mol. The van der Waals surface area contributed by atoms with Crippen molar-refractivity contribution in [1.82, 2.24) is 4.90 Å². The molecule has 1 saturated heterocycles. The highest BCUT2D eigenvalue weighted by Gasteiger charge is 2.31. The summed E-state index contributed by atoms with van der Waals surface area (Å²) in [6.45, 7) is 7.61. The molecular formula is C16H22BrNO. The van der Waals surface area contributed by atoms with Crippen molar-refractivity contribution in [2.45, 2.75) is 45.7 Å². The first kappa shape index (κ1) is 14.7. The number of hydrogen-bond donors (Lipinski definition) is 0. The first-order valence-electron chi connectivity index (χ1n) is 7.06. The number of hydrogen-bond acceptors (Lipinski definition) is 2. The average Bonchev–Trinajstić information content (AvgIpc) is 2.41. The summed E-state index contributed by atoms with van der Waals surface area (Å²) in [5, 5.41) is 0. The molecule has 104 valence electrons. The second-order valence-corrected chi connectivity index (χ2v) is 6.56. The van der Waals surface area contributed by atoms with Crippen LogP contribution in [0.3, 0.4) is 0 Å². The monoisotopic (exact) mass is 323 g/mol. The first-order chi connectivity index (χ1) is 9.00. The summed E-state index contributed by atoms with van der Waals surface area (Å²) in [7, 11) is 0. The summed E-state index contributed by atoms with van der Waals surface area (Å²) in [4.78, 5) is 14.9. The number of halogens is 1. The topological polar surface area (TPSA) is 20.3 Å². The van der Waals surface area contributed by atoms with Gasteiger partial charge < -0.3 is 0 Å². The van der Waals surface area contributed by atoms with E-state index in [1.54, 1.807) is 0 Å². The van der Waals surface area contributed by atoms with E-state index in [-0.39, 0.29) is 11.8 Å². The maximum Gasteiger partial charge on any atom is 0.179 e.